The van der Waals surface area contributed by atoms with Gasteiger partial charge in [0.15, 0.2) is 23.0 Å². The van der Waals surface area contributed by atoms with Crippen molar-refractivity contribution >= 4 is 5.97 Å². The van der Waals surface area contributed by atoms with Crippen molar-refractivity contribution in [1.29, 1.82) is 0 Å². The van der Waals surface area contributed by atoms with Crippen molar-refractivity contribution in [3.8, 4) is 23.0 Å². The molecule has 2 aromatic rings. The van der Waals surface area contributed by atoms with Gasteiger partial charge in [-0.3, -0.25) is 4.79 Å². The zero-order valence-corrected chi connectivity index (χ0v) is 16.0. The Hall–Kier alpha value is -2.93. The number of fused-ring (bicyclic) bond motifs is 1. The van der Waals surface area contributed by atoms with Crippen molar-refractivity contribution in [3.05, 3.63) is 47.0 Å². The molecule has 0 amide bonds. The van der Waals surface area contributed by atoms with Crippen molar-refractivity contribution < 1.29 is 34.3 Å². The maximum Gasteiger partial charge on any atom is 0.307 e. The molecule has 0 bridgehead atoms. The Morgan fingerprint density at radius 2 is 1.68 bits per heavy atom. The molecule has 0 saturated heterocycles. The van der Waals surface area contributed by atoms with Crippen LogP contribution in [0.4, 0.5) is 0 Å². The van der Waals surface area contributed by atoms with Crippen LogP contribution in [-0.4, -0.2) is 49.2 Å². The number of phenols is 1. The Morgan fingerprint density at radius 3 is 2.25 bits per heavy atom. The van der Waals surface area contributed by atoms with Gasteiger partial charge < -0.3 is 29.5 Å². The summed E-state index contributed by atoms with van der Waals surface area (Å²) in [7, 11) is 4.50. The second kappa shape index (κ2) is 7.98. The lowest BCUT2D eigenvalue weighted by atomic mass is 9.66. The zero-order valence-electron chi connectivity index (χ0n) is 16.0. The van der Waals surface area contributed by atoms with Gasteiger partial charge in [-0.1, -0.05) is 6.07 Å². The Labute approximate surface area is 163 Å². The molecule has 2 aromatic carbocycles. The Morgan fingerprint density at radius 1 is 1.04 bits per heavy atom. The van der Waals surface area contributed by atoms with Crippen molar-refractivity contribution in [1.82, 2.24) is 0 Å². The van der Waals surface area contributed by atoms with Gasteiger partial charge in [0, 0.05) is 18.4 Å². The Bertz CT molecular complexity index is 877. The number of hydrogen-bond acceptors (Lipinski definition) is 6. The standard InChI is InChI=1S/C21H24O7/c1-26-16-7-11(4-5-15(16)23)19-14-9-18(28-3)17(27-2)8-12(14)6-13(10-22)20(19)21(24)25/h4-5,7-9,13,19-20,22-23H,6,10H2,1-3H3,(H,24,25). The maximum atomic E-state index is 12.2. The predicted octanol–water partition coefficient (Wildman–Crippen LogP) is 2.42. The number of carboxylic acid groups (broad SMARTS) is 1. The first-order chi connectivity index (χ1) is 13.4. The van der Waals surface area contributed by atoms with E-state index >= 15 is 0 Å². The first-order valence-corrected chi connectivity index (χ1v) is 8.90. The fourth-order valence-electron chi connectivity index (χ4n) is 4.08. The highest BCUT2D eigenvalue weighted by Crippen LogP contribution is 2.48. The number of phenolic OH excluding ortho intramolecular Hbond substituents is 1. The monoisotopic (exact) mass is 388 g/mol. The molecule has 3 rings (SSSR count). The summed E-state index contributed by atoms with van der Waals surface area (Å²) >= 11 is 0. The summed E-state index contributed by atoms with van der Waals surface area (Å²) in [5.74, 6) is -1.56. The molecule has 0 aromatic heterocycles. The molecule has 0 saturated carbocycles. The topological polar surface area (TPSA) is 105 Å². The number of aliphatic hydroxyl groups is 1. The smallest absolute Gasteiger partial charge is 0.307 e. The van der Waals surface area contributed by atoms with Crippen LogP contribution in [0.15, 0.2) is 30.3 Å². The molecule has 0 aliphatic heterocycles. The third-order valence-corrected chi connectivity index (χ3v) is 5.41. The van der Waals surface area contributed by atoms with E-state index in [1.165, 1.54) is 20.3 Å². The number of aliphatic hydroxyl groups excluding tert-OH is 1. The second-order valence-electron chi connectivity index (χ2n) is 6.83. The number of aromatic hydroxyl groups is 1. The maximum absolute atomic E-state index is 12.2. The van der Waals surface area contributed by atoms with E-state index in [2.05, 4.69) is 0 Å². The fraction of sp³-hybridized carbons (Fsp3) is 0.381. The summed E-state index contributed by atoms with van der Waals surface area (Å²) in [6, 6.07) is 8.42. The van der Waals surface area contributed by atoms with Crippen LogP contribution in [0.3, 0.4) is 0 Å². The van der Waals surface area contributed by atoms with Crippen molar-refractivity contribution in [3.63, 3.8) is 0 Å². The van der Waals surface area contributed by atoms with Crippen molar-refractivity contribution in [2.75, 3.05) is 27.9 Å². The number of methoxy groups -OCH3 is 3. The van der Waals surface area contributed by atoms with E-state index in [1.54, 1.807) is 25.3 Å². The number of carboxylic acids is 1. The highest BCUT2D eigenvalue weighted by molar-refractivity contribution is 5.74. The van der Waals surface area contributed by atoms with Crippen LogP contribution in [0.2, 0.25) is 0 Å². The Balaban J connectivity index is 2.25. The number of ether oxygens (including phenoxy) is 3. The average Bonchev–Trinajstić information content (AvgIpc) is 2.71. The normalized spacial score (nSPS) is 20.9. The number of aliphatic carboxylic acids is 1. The zero-order chi connectivity index (χ0) is 20.4. The molecule has 28 heavy (non-hydrogen) atoms. The summed E-state index contributed by atoms with van der Waals surface area (Å²) in [6.07, 6.45) is 0.412. The Kier molecular flexibility index (Phi) is 5.65. The minimum absolute atomic E-state index is 0.0276. The molecule has 1 aliphatic rings. The third kappa shape index (κ3) is 3.33. The van der Waals surface area contributed by atoms with Crippen LogP contribution >= 0.6 is 0 Å². The fourth-order valence-corrected chi connectivity index (χ4v) is 4.08. The largest absolute Gasteiger partial charge is 0.504 e. The van der Waals surface area contributed by atoms with E-state index in [-0.39, 0.29) is 18.1 Å². The highest BCUT2D eigenvalue weighted by atomic mass is 16.5. The first-order valence-electron chi connectivity index (χ1n) is 8.90. The van der Waals surface area contributed by atoms with Gasteiger partial charge in [0.2, 0.25) is 0 Å². The summed E-state index contributed by atoms with van der Waals surface area (Å²) < 4.78 is 16.0. The number of carbonyl (C=O) groups is 1. The lowest BCUT2D eigenvalue weighted by Gasteiger charge is -2.37. The van der Waals surface area contributed by atoms with Gasteiger partial charge in [0.05, 0.1) is 27.2 Å². The van der Waals surface area contributed by atoms with Gasteiger partial charge in [-0.2, -0.15) is 0 Å². The predicted molar refractivity (Wildman–Crippen MR) is 101 cm³/mol. The molecule has 0 radical (unpaired) electrons. The molecule has 7 nitrogen and oxygen atoms in total. The summed E-state index contributed by atoms with van der Waals surface area (Å²) in [6.45, 7) is -0.254. The molecular formula is C21H24O7. The lowest BCUT2D eigenvalue weighted by Crippen LogP contribution is -2.37. The number of hydrogen-bond donors (Lipinski definition) is 3. The van der Waals surface area contributed by atoms with Gasteiger partial charge in [0.1, 0.15) is 0 Å². The molecule has 150 valence electrons. The van der Waals surface area contributed by atoms with Gasteiger partial charge in [0.25, 0.3) is 0 Å². The third-order valence-electron chi connectivity index (χ3n) is 5.41. The summed E-state index contributed by atoms with van der Waals surface area (Å²) in [5.41, 5.74) is 2.36. The molecule has 0 spiro atoms. The SMILES string of the molecule is COc1cc(C2c3cc(OC)c(OC)cc3CC(CO)C2C(=O)O)ccc1O. The van der Waals surface area contributed by atoms with Gasteiger partial charge in [-0.25, -0.2) is 0 Å². The minimum atomic E-state index is -0.989. The molecule has 3 N–H and O–H groups in total. The van der Waals surface area contributed by atoms with Gasteiger partial charge in [-0.15, -0.1) is 0 Å². The van der Waals surface area contributed by atoms with Crippen LogP contribution in [0.25, 0.3) is 0 Å². The quantitative estimate of drug-likeness (QED) is 0.698. The van der Waals surface area contributed by atoms with Crippen molar-refractivity contribution in [2.24, 2.45) is 11.8 Å². The lowest BCUT2D eigenvalue weighted by molar-refractivity contribution is -0.145. The van der Waals surface area contributed by atoms with Crippen LogP contribution in [0.1, 0.15) is 22.6 Å². The molecule has 3 unspecified atom stereocenters. The second-order valence-corrected chi connectivity index (χ2v) is 6.83. The summed E-state index contributed by atoms with van der Waals surface area (Å²) in [5, 5.41) is 29.8. The van der Waals surface area contributed by atoms with Gasteiger partial charge >= 0.3 is 5.97 Å². The van der Waals surface area contributed by atoms with E-state index in [1.807, 2.05) is 6.07 Å². The number of rotatable bonds is 6. The minimum Gasteiger partial charge on any atom is -0.504 e. The molecule has 7 heteroatoms. The molecule has 0 heterocycles. The van der Waals surface area contributed by atoms with E-state index in [0.29, 0.717) is 23.5 Å². The van der Waals surface area contributed by atoms with E-state index in [9.17, 15) is 20.1 Å². The van der Waals surface area contributed by atoms with Crippen LogP contribution < -0.4 is 14.2 Å². The molecule has 1 aliphatic carbocycles. The highest BCUT2D eigenvalue weighted by Gasteiger charge is 2.42. The molecule has 3 atom stereocenters. The average molecular weight is 388 g/mol. The van der Waals surface area contributed by atoms with E-state index in [4.69, 9.17) is 14.2 Å². The molecular weight excluding hydrogens is 364 g/mol. The first kappa shape index (κ1) is 19.8. The van der Waals surface area contributed by atoms with Crippen LogP contribution in [0, 0.1) is 11.8 Å². The van der Waals surface area contributed by atoms with Crippen LogP contribution in [0.5, 0.6) is 23.0 Å². The van der Waals surface area contributed by atoms with E-state index in [0.717, 1.165) is 11.1 Å². The molecule has 0 fully saturated rings. The van der Waals surface area contributed by atoms with Gasteiger partial charge in [-0.05, 0) is 47.4 Å². The number of benzene rings is 2. The van der Waals surface area contributed by atoms with Crippen molar-refractivity contribution in [2.45, 2.75) is 12.3 Å². The summed E-state index contributed by atoms with van der Waals surface area (Å²) in [4.78, 5) is 12.2. The van der Waals surface area contributed by atoms with Crippen LogP contribution in [-0.2, 0) is 11.2 Å². The van der Waals surface area contributed by atoms with E-state index < -0.39 is 23.7 Å².